The second-order valence-electron chi connectivity index (χ2n) is 4.70. The molecule has 0 heterocycles. The molecule has 20 heavy (non-hydrogen) atoms. The second kappa shape index (κ2) is 7.49. The smallest absolute Gasteiger partial charge is 0.0103 e. The van der Waals surface area contributed by atoms with Crippen LogP contribution in [0.4, 0.5) is 0 Å². The molecule has 0 aliphatic carbocycles. The molecule has 1 aromatic carbocycles. The Balaban J connectivity index is 3.86. The van der Waals surface area contributed by atoms with Gasteiger partial charge in [0.2, 0.25) is 0 Å². The third-order valence-corrected chi connectivity index (χ3v) is 3.51. The van der Waals surface area contributed by atoms with E-state index in [0.717, 1.165) is 0 Å². The highest BCUT2D eigenvalue weighted by Crippen LogP contribution is 2.31. The van der Waals surface area contributed by atoms with Crippen molar-refractivity contribution in [3.8, 4) is 0 Å². The van der Waals surface area contributed by atoms with Gasteiger partial charge in [-0.1, -0.05) is 61.8 Å². The van der Waals surface area contributed by atoms with Crippen molar-refractivity contribution in [1.82, 2.24) is 0 Å². The van der Waals surface area contributed by atoms with E-state index >= 15 is 0 Å². The normalized spacial score (nSPS) is 11.8. The topological polar surface area (TPSA) is 0 Å². The number of benzene rings is 1. The molecule has 0 radical (unpaired) electrons. The first-order chi connectivity index (χ1) is 9.62. The van der Waals surface area contributed by atoms with E-state index < -0.39 is 0 Å². The third-order valence-electron chi connectivity index (χ3n) is 3.51. The van der Waals surface area contributed by atoms with E-state index in [-0.39, 0.29) is 0 Å². The van der Waals surface area contributed by atoms with E-state index in [1.165, 1.54) is 33.4 Å². The highest BCUT2D eigenvalue weighted by atomic mass is 14.2. The van der Waals surface area contributed by atoms with Crippen molar-refractivity contribution in [2.45, 2.75) is 27.7 Å². The summed E-state index contributed by atoms with van der Waals surface area (Å²) in [6.07, 6.45) is 16.3. The van der Waals surface area contributed by atoms with Crippen LogP contribution in [-0.4, -0.2) is 0 Å². The van der Waals surface area contributed by atoms with Crippen molar-refractivity contribution in [3.63, 3.8) is 0 Å². The summed E-state index contributed by atoms with van der Waals surface area (Å²) < 4.78 is 0. The Labute approximate surface area is 123 Å². The molecule has 0 aromatic heterocycles. The number of hydrogen-bond acceptors (Lipinski definition) is 0. The summed E-state index contributed by atoms with van der Waals surface area (Å²) >= 11 is 0. The molecule has 0 amide bonds. The Morgan fingerprint density at radius 1 is 0.700 bits per heavy atom. The molecular formula is C20H24. The molecule has 1 rings (SSSR count). The summed E-state index contributed by atoms with van der Waals surface area (Å²) in [4.78, 5) is 0. The fourth-order valence-corrected chi connectivity index (χ4v) is 2.42. The molecule has 0 aliphatic heterocycles. The molecule has 0 bridgehead atoms. The molecule has 1 aromatic rings. The predicted molar refractivity (Wildman–Crippen MR) is 94.7 cm³/mol. The zero-order valence-corrected chi connectivity index (χ0v) is 13.0. The highest BCUT2D eigenvalue weighted by molar-refractivity contribution is 5.83. The maximum absolute atomic E-state index is 4.00. The largest absolute Gasteiger partial charge is 0.0991 e. The van der Waals surface area contributed by atoms with Crippen molar-refractivity contribution < 1.29 is 0 Å². The first-order valence-electron chi connectivity index (χ1n) is 6.96. The fourth-order valence-electron chi connectivity index (χ4n) is 2.42. The zero-order valence-electron chi connectivity index (χ0n) is 13.0. The van der Waals surface area contributed by atoms with Gasteiger partial charge in [0.25, 0.3) is 0 Å². The van der Waals surface area contributed by atoms with Gasteiger partial charge in [-0.2, -0.15) is 0 Å². The Kier molecular flexibility index (Phi) is 5.99. The van der Waals surface area contributed by atoms with Crippen LogP contribution >= 0.6 is 0 Å². The minimum absolute atomic E-state index is 1.18. The van der Waals surface area contributed by atoms with Gasteiger partial charge in [-0.15, -0.1) is 0 Å². The van der Waals surface area contributed by atoms with E-state index in [2.05, 4.69) is 57.4 Å². The van der Waals surface area contributed by atoms with Gasteiger partial charge in [0, 0.05) is 0 Å². The molecule has 0 spiro atoms. The van der Waals surface area contributed by atoms with Crippen LogP contribution in [0.15, 0.2) is 37.5 Å². The quantitative estimate of drug-likeness (QED) is 0.554. The van der Waals surface area contributed by atoms with Crippen molar-refractivity contribution in [2.75, 3.05) is 0 Å². The van der Waals surface area contributed by atoms with E-state index in [9.17, 15) is 0 Å². The van der Waals surface area contributed by atoms with Gasteiger partial charge in [0.1, 0.15) is 0 Å². The lowest BCUT2D eigenvalue weighted by atomic mass is 9.87. The SMILES string of the molecule is C=C/C=C\c1c(C=C)c(/C=C\C)c(C)c(C)c1/C=C\C. The lowest BCUT2D eigenvalue weighted by molar-refractivity contribution is 1.29. The molecule has 0 saturated heterocycles. The van der Waals surface area contributed by atoms with Crippen molar-refractivity contribution in [1.29, 1.82) is 0 Å². The van der Waals surface area contributed by atoms with Gasteiger partial charge in [-0.3, -0.25) is 0 Å². The minimum atomic E-state index is 1.18. The highest BCUT2D eigenvalue weighted by Gasteiger charge is 2.13. The first kappa shape index (κ1) is 16.0. The van der Waals surface area contributed by atoms with Crippen LogP contribution in [0.1, 0.15) is 47.2 Å². The van der Waals surface area contributed by atoms with Crippen molar-refractivity contribution >= 4 is 24.3 Å². The molecule has 0 fully saturated rings. The zero-order chi connectivity index (χ0) is 15.1. The maximum Gasteiger partial charge on any atom is -0.0103 e. The lowest BCUT2D eigenvalue weighted by Crippen LogP contribution is -1.99. The van der Waals surface area contributed by atoms with Crippen LogP contribution in [0, 0.1) is 13.8 Å². The van der Waals surface area contributed by atoms with E-state index in [1.54, 1.807) is 6.08 Å². The van der Waals surface area contributed by atoms with Crippen molar-refractivity contribution in [2.24, 2.45) is 0 Å². The Morgan fingerprint density at radius 3 is 1.60 bits per heavy atom. The molecular weight excluding hydrogens is 240 g/mol. The predicted octanol–water partition coefficient (Wildman–Crippen LogP) is 6.21. The van der Waals surface area contributed by atoms with Crippen LogP contribution < -0.4 is 0 Å². The minimum Gasteiger partial charge on any atom is -0.0991 e. The van der Waals surface area contributed by atoms with Crippen LogP contribution in [0.25, 0.3) is 24.3 Å². The first-order valence-corrected chi connectivity index (χ1v) is 6.96. The molecule has 0 aliphatic rings. The molecule has 0 N–H and O–H groups in total. The Morgan fingerprint density at radius 2 is 1.20 bits per heavy atom. The van der Waals surface area contributed by atoms with E-state index in [4.69, 9.17) is 0 Å². The molecule has 104 valence electrons. The number of allylic oxidation sites excluding steroid dienone is 4. The maximum atomic E-state index is 4.00. The Bertz CT molecular complexity index is 593. The molecule has 0 saturated carbocycles. The average Bonchev–Trinajstić information content (AvgIpc) is 2.45. The summed E-state index contributed by atoms with van der Waals surface area (Å²) in [6.45, 7) is 16.2. The number of rotatable bonds is 5. The van der Waals surface area contributed by atoms with Crippen LogP contribution in [0.3, 0.4) is 0 Å². The summed E-state index contributed by atoms with van der Waals surface area (Å²) in [7, 11) is 0. The lowest BCUT2D eigenvalue weighted by Gasteiger charge is -2.18. The van der Waals surface area contributed by atoms with Crippen LogP contribution in [0.2, 0.25) is 0 Å². The van der Waals surface area contributed by atoms with Gasteiger partial charge in [0.15, 0.2) is 0 Å². The third kappa shape index (κ3) is 3.08. The van der Waals surface area contributed by atoms with Gasteiger partial charge >= 0.3 is 0 Å². The molecule has 0 heteroatoms. The van der Waals surface area contributed by atoms with E-state index in [1.807, 2.05) is 26.0 Å². The fraction of sp³-hybridized carbons (Fsp3) is 0.200. The van der Waals surface area contributed by atoms with Gasteiger partial charge in [-0.25, -0.2) is 0 Å². The average molecular weight is 264 g/mol. The molecule has 0 nitrogen and oxygen atoms in total. The number of hydrogen-bond donors (Lipinski definition) is 0. The summed E-state index contributed by atoms with van der Waals surface area (Å²) in [6, 6.07) is 0. The van der Waals surface area contributed by atoms with Crippen LogP contribution in [-0.2, 0) is 0 Å². The molecule has 0 unspecified atom stereocenters. The standard InChI is InChI=1S/C20H24/c1-7-11-14-20-17(10-4)18(12-8-2)15(5)16(6)19(20)13-9-3/h7-14H,1,4H2,2-3,5-6H3/b12-8-,13-9-,14-11-. The van der Waals surface area contributed by atoms with E-state index in [0.29, 0.717) is 0 Å². The summed E-state index contributed by atoms with van der Waals surface area (Å²) in [5.41, 5.74) is 7.50. The summed E-state index contributed by atoms with van der Waals surface area (Å²) in [5.74, 6) is 0. The van der Waals surface area contributed by atoms with Gasteiger partial charge in [-0.05, 0) is 61.1 Å². The summed E-state index contributed by atoms with van der Waals surface area (Å²) in [5, 5.41) is 0. The monoisotopic (exact) mass is 264 g/mol. The van der Waals surface area contributed by atoms with Crippen molar-refractivity contribution in [3.05, 3.63) is 70.8 Å². The van der Waals surface area contributed by atoms with Gasteiger partial charge < -0.3 is 0 Å². The van der Waals surface area contributed by atoms with Gasteiger partial charge in [0.05, 0.1) is 0 Å². The Hall–Kier alpha value is -2.08. The second-order valence-corrected chi connectivity index (χ2v) is 4.70. The van der Waals surface area contributed by atoms with Crippen LogP contribution in [0.5, 0.6) is 0 Å². The molecule has 0 atom stereocenters.